The molecule has 1 aliphatic heterocycles. The van der Waals surface area contributed by atoms with Gasteiger partial charge in [0.15, 0.2) is 5.82 Å². The topological polar surface area (TPSA) is 77.0 Å². The first kappa shape index (κ1) is 14.8. The van der Waals surface area contributed by atoms with E-state index in [2.05, 4.69) is 10.2 Å². The number of rotatable bonds is 3. The number of hydrogen-bond donors (Lipinski definition) is 1. The molecule has 0 spiro atoms. The molecular weight excluding hydrogens is 275 g/mol. The first-order valence-corrected chi connectivity index (χ1v) is 6.30. The summed E-state index contributed by atoms with van der Waals surface area (Å²) in [5.74, 6) is -0.911. The Hall–Kier alpha value is -1.64. The Morgan fingerprint density at radius 1 is 1.40 bits per heavy atom. The molecule has 6 nitrogen and oxygen atoms in total. The summed E-state index contributed by atoms with van der Waals surface area (Å²) in [6, 6.07) is 0. The van der Waals surface area contributed by atoms with Gasteiger partial charge in [0, 0.05) is 19.5 Å². The summed E-state index contributed by atoms with van der Waals surface area (Å²) in [4.78, 5) is 13.5. The summed E-state index contributed by atoms with van der Waals surface area (Å²) in [5, 5.41) is 6.70. The molecule has 0 bridgehead atoms. The highest BCUT2D eigenvalue weighted by Gasteiger charge is 2.39. The van der Waals surface area contributed by atoms with Crippen molar-refractivity contribution in [3.63, 3.8) is 0 Å². The number of aromatic nitrogens is 3. The smallest absolute Gasteiger partial charge is 0.333 e. The van der Waals surface area contributed by atoms with Crippen molar-refractivity contribution in [1.29, 1.82) is 0 Å². The highest BCUT2D eigenvalue weighted by atomic mass is 19.4. The first-order chi connectivity index (χ1) is 9.32. The lowest BCUT2D eigenvalue weighted by Gasteiger charge is -2.28. The second kappa shape index (κ2) is 5.39. The number of carbonyl (C=O) groups excluding carboxylic acids is 1. The molecule has 1 aromatic rings. The molecule has 2 N–H and O–H groups in total. The van der Waals surface area contributed by atoms with Crippen LogP contribution in [-0.2, 0) is 24.1 Å². The molecule has 0 saturated heterocycles. The number of carbonyl (C=O) groups is 1. The molecule has 0 radical (unpaired) electrons. The number of fused-ring (bicyclic) bond motifs is 1. The third-order valence-corrected chi connectivity index (χ3v) is 3.28. The molecule has 2 rings (SSSR count). The minimum atomic E-state index is -4.52. The molecule has 0 fully saturated rings. The van der Waals surface area contributed by atoms with E-state index in [0.717, 1.165) is 4.57 Å². The fraction of sp³-hybridized carbons (Fsp3) is 0.727. The van der Waals surface area contributed by atoms with E-state index in [4.69, 9.17) is 5.73 Å². The Kier molecular flexibility index (Phi) is 3.98. The van der Waals surface area contributed by atoms with E-state index in [0.29, 0.717) is 6.54 Å². The van der Waals surface area contributed by atoms with E-state index in [1.165, 1.54) is 4.90 Å². The van der Waals surface area contributed by atoms with E-state index >= 15 is 0 Å². The molecule has 1 unspecified atom stereocenters. The Morgan fingerprint density at radius 2 is 2.10 bits per heavy atom. The van der Waals surface area contributed by atoms with Crippen molar-refractivity contribution in [2.45, 2.75) is 32.6 Å². The zero-order chi connectivity index (χ0) is 14.9. The Morgan fingerprint density at radius 3 is 2.70 bits per heavy atom. The fourth-order valence-corrected chi connectivity index (χ4v) is 2.09. The van der Waals surface area contributed by atoms with Gasteiger partial charge in [-0.25, -0.2) is 0 Å². The zero-order valence-electron chi connectivity index (χ0n) is 11.0. The second-order valence-corrected chi connectivity index (χ2v) is 4.95. The van der Waals surface area contributed by atoms with Gasteiger partial charge in [-0.05, 0) is 12.5 Å². The maximum Gasteiger partial charge on any atom is 0.451 e. The highest BCUT2D eigenvalue weighted by molar-refractivity contribution is 5.76. The number of hydrogen-bond acceptors (Lipinski definition) is 4. The largest absolute Gasteiger partial charge is 0.451 e. The maximum absolute atomic E-state index is 12.7. The van der Waals surface area contributed by atoms with Crippen LogP contribution in [0.25, 0.3) is 0 Å². The van der Waals surface area contributed by atoms with Crippen LogP contribution in [-0.4, -0.2) is 38.7 Å². The molecule has 0 aliphatic carbocycles. The summed E-state index contributed by atoms with van der Waals surface area (Å²) in [5.41, 5.74) is 5.46. The van der Waals surface area contributed by atoms with Crippen LogP contribution in [0.1, 0.15) is 25.0 Å². The number of amides is 1. The number of nitrogens with zero attached hydrogens (tertiary/aromatic N) is 4. The monoisotopic (exact) mass is 291 g/mol. The summed E-state index contributed by atoms with van der Waals surface area (Å²) >= 11 is 0. The van der Waals surface area contributed by atoms with Crippen LogP contribution >= 0.6 is 0 Å². The van der Waals surface area contributed by atoms with Gasteiger partial charge in [0.05, 0.1) is 6.54 Å². The molecule has 1 amide bonds. The predicted molar refractivity (Wildman–Crippen MR) is 63.3 cm³/mol. The van der Waals surface area contributed by atoms with Gasteiger partial charge in [0.25, 0.3) is 0 Å². The second-order valence-electron chi connectivity index (χ2n) is 4.95. The molecule has 1 atom stereocenters. The summed E-state index contributed by atoms with van der Waals surface area (Å²) in [7, 11) is 0. The quantitative estimate of drug-likeness (QED) is 0.886. The number of nitrogens with two attached hydrogens (primary N) is 1. The van der Waals surface area contributed by atoms with Crippen LogP contribution in [0.5, 0.6) is 0 Å². The molecule has 1 aromatic heterocycles. The fourth-order valence-electron chi connectivity index (χ4n) is 2.09. The van der Waals surface area contributed by atoms with E-state index in [9.17, 15) is 18.0 Å². The lowest BCUT2D eigenvalue weighted by molar-refractivity contribution is -0.148. The lowest BCUT2D eigenvalue weighted by Crippen LogP contribution is -2.40. The summed E-state index contributed by atoms with van der Waals surface area (Å²) in [6.45, 7) is 2.59. The molecule has 1 aliphatic rings. The van der Waals surface area contributed by atoms with Crippen molar-refractivity contribution >= 4 is 5.91 Å². The van der Waals surface area contributed by atoms with Crippen LogP contribution in [0.2, 0.25) is 0 Å². The van der Waals surface area contributed by atoms with E-state index in [-0.39, 0.29) is 43.7 Å². The molecule has 9 heteroatoms. The van der Waals surface area contributed by atoms with Crippen LogP contribution in [0.3, 0.4) is 0 Å². The average molecular weight is 291 g/mol. The van der Waals surface area contributed by atoms with Gasteiger partial charge in [-0.2, -0.15) is 13.2 Å². The Bertz CT molecular complexity index is 499. The average Bonchev–Trinajstić information content (AvgIpc) is 2.80. The van der Waals surface area contributed by atoms with Gasteiger partial charge >= 0.3 is 6.18 Å². The number of alkyl halides is 3. The Labute approximate surface area is 113 Å². The lowest BCUT2D eigenvalue weighted by atomic mass is 10.1. The van der Waals surface area contributed by atoms with Crippen LogP contribution < -0.4 is 5.73 Å². The minimum absolute atomic E-state index is 0.0491. The molecule has 112 valence electrons. The number of halogens is 3. The molecular formula is C11H16F3N5O. The normalized spacial score (nSPS) is 16.9. The van der Waals surface area contributed by atoms with Gasteiger partial charge in [-0.3, -0.25) is 4.79 Å². The van der Waals surface area contributed by atoms with Gasteiger partial charge in [0.2, 0.25) is 11.7 Å². The third-order valence-electron chi connectivity index (χ3n) is 3.28. The van der Waals surface area contributed by atoms with Gasteiger partial charge in [0.1, 0.15) is 0 Å². The Balaban J connectivity index is 2.09. The molecule has 0 aromatic carbocycles. The zero-order valence-corrected chi connectivity index (χ0v) is 11.0. The molecule has 20 heavy (non-hydrogen) atoms. The highest BCUT2D eigenvalue weighted by Crippen LogP contribution is 2.29. The minimum Gasteiger partial charge on any atom is -0.333 e. The van der Waals surface area contributed by atoms with Gasteiger partial charge in [-0.1, -0.05) is 6.92 Å². The van der Waals surface area contributed by atoms with Crippen LogP contribution in [0.4, 0.5) is 13.2 Å². The van der Waals surface area contributed by atoms with Gasteiger partial charge < -0.3 is 15.2 Å². The summed E-state index contributed by atoms with van der Waals surface area (Å²) in [6.07, 6.45) is -4.23. The van der Waals surface area contributed by atoms with E-state index in [1.807, 2.05) is 6.92 Å². The van der Waals surface area contributed by atoms with Crippen molar-refractivity contribution in [3.8, 4) is 0 Å². The third kappa shape index (κ3) is 2.92. The molecule has 2 heterocycles. The van der Waals surface area contributed by atoms with Crippen LogP contribution in [0, 0.1) is 5.92 Å². The van der Waals surface area contributed by atoms with Crippen LogP contribution in [0.15, 0.2) is 0 Å². The van der Waals surface area contributed by atoms with E-state index < -0.39 is 12.0 Å². The van der Waals surface area contributed by atoms with Crippen molar-refractivity contribution < 1.29 is 18.0 Å². The standard InChI is InChI=1S/C11H16F3N5O/c1-7(5-15)4-9(20)18-2-3-19-8(6-18)16-17-10(19)11(12,13)14/h7H,2-6,15H2,1H3. The van der Waals surface area contributed by atoms with E-state index in [1.54, 1.807) is 0 Å². The SMILES string of the molecule is CC(CN)CC(=O)N1CCn2c(nnc2C(F)(F)F)C1. The predicted octanol–water partition coefficient (Wildman–Crippen LogP) is 0.624. The maximum atomic E-state index is 12.7. The van der Waals surface area contributed by atoms with Crippen molar-refractivity contribution in [2.75, 3.05) is 13.1 Å². The first-order valence-electron chi connectivity index (χ1n) is 6.30. The molecule has 0 saturated carbocycles. The van der Waals surface area contributed by atoms with Crippen molar-refractivity contribution in [1.82, 2.24) is 19.7 Å². The van der Waals surface area contributed by atoms with Crippen molar-refractivity contribution in [2.24, 2.45) is 11.7 Å². The van der Waals surface area contributed by atoms with Gasteiger partial charge in [-0.15, -0.1) is 10.2 Å². The summed E-state index contributed by atoms with van der Waals surface area (Å²) < 4.78 is 39.0. The van der Waals surface area contributed by atoms with Crippen molar-refractivity contribution in [3.05, 3.63) is 11.6 Å².